The van der Waals surface area contributed by atoms with Gasteiger partial charge in [-0.25, -0.2) is 0 Å². The fraction of sp³-hybridized carbons (Fsp3) is 0.348. The van der Waals surface area contributed by atoms with E-state index in [0.29, 0.717) is 36.3 Å². The van der Waals surface area contributed by atoms with Crippen LogP contribution in [0.4, 0.5) is 17.6 Å². The van der Waals surface area contributed by atoms with Gasteiger partial charge in [0, 0.05) is 38.3 Å². The van der Waals surface area contributed by atoms with Crippen LogP contribution in [0.3, 0.4) is 0 Å². The van der Waals surface area contributed by atoms with Crippen LogP contribution in [0.5, 0.6) is 0 Å². The van der Waals surface area contributed by atoms with Crippen LogP contribution in [-0.4, -0.2) is 74.8 Å². The van der Waals surface area contributed by atoms with Gasteiger partial charge in [0.05, 0.1) is 19.5 Å². The van der Waals surface area contributed by atoms with Crippen molar-refractivity contribution >= 4 is 29.3 Å². The molecule has 0 aliphatic carbocycles. The lowest BCUT2D eigenvalue weighted by atomic mass is 10.1. The number of nitrogen functional groups attached to an aromatic ring is 1. The van der Waals surface area contributed by atoms with Gasteiger partial charge in [0.15, 0.2) is 5.76 Å². The lowest BCUT2D eigenvalue weighted by Gasteiger charge is -2.26. The van der Waals surface area contributed by atoms with Gasteiger partial charge >= 0.3 is 0 Å². The normalized spacial score (nSPS) is 14.3. The fourth-order valence-corrected chi connectivity index (χ4v) is 3.78. The Hall–Kier alpha value is -4.03. The van der Waals surface area contributed by atoms with Crippen molar-refractivity contribution in [3.05, 3.63) is 48.2 Å². The van der Waals surface area contributed by atoms with Crippen LogP contribution in [0.1, 0.15) is 12.0 Å². The van der Waals surface area contributed by atoms with E-state index in [-0.39, 0.29) is 11.9 Å². The summed E-state index contributed by atoms with van der Waals surface area (Å²) >= 11 is 0. The van der Waals surface area contributed by atoms with Crippen LogP contribution in [0, 0.1) is 0 Å². The van der Waals surface area contributed by atoms with Gasteiger partial charge in [-0.2, -0.15) is 19.5 Å². The summed E-state index contributed by atoms with van der Waals surface area (Å²) in [4.78, 5) is 27.5. The van der Waals surface area contributed by atoms with Crippen LogP contribution in [0.15, 0.2) is 47.1 Å². The van der Waals surface area contributed by atoms with Gasteiger partial charge in [0.1, 0.15) is 0 Å². The molecule has 0 atom stereocenters. The Bertz CT molecular complexity index is 1270. The van der Waals surface area contributed by atoms with Gasteiger partial charge in [0.2, 0.25) is 23.6 Å². The number of hydrogen-bond acceptors (Lipinski definition) is 10. The van der Waals surface area contributed by atoms with Crippen molar-refractivity contribution in [2.75, 3.05) is 55.8 Å². The quantitative estimate of drug-likeness (QED) is 0.325. The van der Waals surface area contributed by atoms with Crippen LogP contribution < -0.4 is 16.4 Å². The predicted octanol–water partition coefficient (Wildman–Crippen LogP) is 1.68. The molecule has 1 aliphatic heterocycles. The van der Waals surface area contributed by atoms with Crippen LogP contribution in [0.25, 0.3) is 17.4 Å². The minimum absolute atomic E-state index is 0.0136. The van der Waals surface area contributed by atoms with Crippen molar-refractivity contribution in [2.24, 2.45) is 0 Å². The summed E-state index contributed by atoms with van der Waals surface area (Å²) in [6, 6.07) is 11.3. The first-order valence-corrected chi connectivity index (χ1v) is 11.5. The molecule has 35 heavy (non-hydrogen) atoms. The summed E-state index contributed by atoms with van der Waals surface area (Å²) in [5.74, 6) is 1.82. The maximum Gasteiger partial charge on any atom is 0.259 e. The lowest BCUT2D eigenvalue weighted by molar-refractivity contribution is -0.116. The molecule has 5 rings (SSSR count). The van der Waals surface area contributed by atoms with E-state index in [0.717, 1.165) is 50.5 Å². The predicted molar refractivity (Wildman–Crippen MR) is 130 cm³/mol. The summed E-state index contributed by atoms with van der Waals surface area (Å²) < 4.78 is 12.0. The monoisotopic (exact) mass is 477 g/mol. The Kier molecular flexibility index (Phi) is 6.82. The first-order valence-electron chi connectivity index (χ1n) is 11.5. The third kappa shape index (κ3) is 5.73. The number of morpholine rings is 1. The Morgan fingerprint density at radius 2 is 1.91 bits per heavy atom. The molecule has 1 saturated heterocycles. The number of fused-ring (bicyclic) bond motifs is 1. The fourth-order valence-electron chi connectivity index (χ4n) is 3.78. The number of benzene rings is 1. The van der Waals surface area contributed by atoms with Crippen molar-refractivity contribution in [1.29, 1.82) is 0 Å². The smallest absolute Gasteiger partial charge is 0.259 e. The average molecular weight is 478 g/mol. The zero-order chi connectivity index (χ0) is 24.0. The van der Waals surface area contributed by atoms with E-state index in [9.17, 15) is 4.79 Å². The lowest BCUT2D eigenvalue weighted by Crippen LogP contribution is -2.38. The first kappa shape index (κ1) is 22.7. The minimum atomic E-state index is 0.0136. The van der Waals surface area contributed by atoms with Crippen molar-refractivity contribution in [3.8, 4) is 11.6 Å². The number of nitrogens with one attached hydrogen (secondary N) is 2. The number of nitrogens with zero attached hydrogens (tertiary/aromatic N) is 6. The molecular formula is C23H27N9O3. The number of furan rings is 1. The first-order chi connectivity index (χ1) is 17.1. The number of nitrogens with two attached hydrogens (primary N) is 1. The molecule has 0 saturated carbocycles. The molecule has 1 fully saturated rings. The Labute approximate surface area is 201 Å². The second-order valence-corrected chi connectivity index (χ2v) is 8.16. The van der Waals surface area contributed by atoms with Crippen LogP contribution >= 0.6 is 0 Å². The summed E-state index contributed by atoms with van der Waals surface area (Å²) in [6.45, 7) is 4.58. The summed E-state index contributed by atoms with van der Waals surface area (Å²) in [7, 11) is 0. The topological polar surface area (TPSA) is 149 Å². The standard InChI is InChI=1S/C23H27N9O3/c24-21-28-22(29-23-27-20(30-32(21)23)18-2-1-13-35-18)25-9-7-16-3-5-17(6-4-16)26-19(33)8-10-31-11-14-34-15-12-31/h1-6,13H,7-12,14-15H2,(H,26,33)(H3,24,25,27,28,29,30). The van der Waals surface area contributed by atoms with E-state index in [4.69, 9.17) is 14.9 Å². The van der Waals surface area contributed by atoms with Crippen molar-refractivity contribution in [1.82, 2.24) is 29.5 Å². The van der Waals surface area contributed by atoms with Crippen molar-refractivity contribution < 1.29 is 13.9 Å². The number of amides is 1. The molecule has 12 heteroatoms. The molecule has 4 heterocycles. The van der Waals surface area contributed by atoms with E-state index in [1.165, 1.54) is 4.52 Å². The molecule has 3 aromatic heterocycles. The molecule has 0 unspecified atom stereocenters. The SMILES string of the molecule is Nc1nc(NCCc2ccc(NC(=O)CCN3CCOCC3)cc2)nc2nc(-c3ccco3)nn12. The highest BCUT2D eigenvalue weighted by Crippen LogP contribution is 2.18. The number of ether oxygens (including phenoxy) is 1. The number of carbonyl (C=O) groups is 1. The third-order valence-corrected chi connectivity index (χ3v) is 5.67. The number of rotatable bonds is 9. The summed E-state index contributed by atoms with van der Waals surface area (Å²) in [5.41, 5.74) is 7.92. The highest BCUT2D eigenvalue weighted by atomic mass is 16.5. The maximum atomic E-state index is 12.2. The minimum Gasteiger partial charge on any atom is -0.461 e. The molecule has 1 aromatic carbocycles. The van der Waals surface area contributed by atoms with Gasteiger partial charge in [-0.1, -0.05) is 12.1 Å². The summed E-state index contributed by atoms with van der Waals surface area (Å²) in [6.07, 6.45) is 2.76. The third-order valence-electron chi connectivity index (χ3n) is 5.67. The zero-order valence-corrected chi connectivity index (χ0v) is 19.2. The Balaban J connectivity index is 1.11. The number of carbonyl (C=O) groups excluding carboxylic acids is 1. The van der Waals surface area contributed by atoms with Gasteiger partial charge in [-0.05, 0) is 36.2 Å². The van der Waals surface area contributed by atoms with Crippen molar-refractivity contribution in [2.45, 2.75) is 12.8 Å². The maximum absolute atomic E-state index is 12.2. The molecule has 4 N–H and O–H groups in total. The number of aromatic nitrogens is 5. The molecule has 1 amide bonds. The average Bonchev–Trinajstić information content (AvgIpc) is 3.55. The second kappa shape index (κ2) is 10.5. The van der Waals surface area contributed by atoms with Crippen LogP contribution in [0.2, 0.25) is 0 Å². The van der Waals surface area contributed by atoms with E-state index in [2.05, 4.69) is 35.6 Å². The molecule has 0 bridgehead atoms. The van der Waals surface area contributed by atoms with Crippen LogP contribution in [-0.2, 0) is 16.0 Å². The summed E-state index contributed by atoms with van der Waals surface area (Å²) in [5, 5.41) is 10.4. The van der Waals surface area contributed by atoms with E-state index in [1.807, 2.05) is 24.3 Å². The van der Waals surface area contributed by atoms with Gasteiger partial charge in [0.25, 0.3) is 5.78 Å². The van der Waals surface area contributed by atoms with Gasteiger partial charge in [-0.3, -0.25) is 9.69 Å². The highest BCUT2D eigenvalue weighted by molar-refractivity contribution is 5.90. The molecular weight excluding hydrogens is 450 g/mol. The van der Waals surface area contributed by atoms with Crippen molar-refractivity contribution in [3.63, 3.8) is 0 Å². The number of anilines is 3. The largest absolute Gasteiger partial charge is 0.461 e. The molecule has 0 spiro atoms. The van der Waals surface area contributed by atoms with Gasteiger partial charge < -0.3 is 25.5 Å². The van der Waals surface area contributed by atoms with E-state index >= 15 is 0 Å². The second-order valence-electron chi connectivity index (χ2n) is 8.16. The molecule has 4 aromatic rings. The molecule has 1 aliphatic rings. The molecule has 182 valence electrons. The number of hydrogen-bond donors (Lipinski definition) is 3. The Morgan fingerprint density at radius 1 is 1.09 bits per heavy atom. The zero-order valence-electron chi connectivity index (χ0n) is 19.2. The van der Waals surface area contributed by atoms with E-state index in [1.54, 1.807) is 18.4 Å². The van der Waals surface area contributed by atoms with E-state index < -0.39 is 0 Å². The molecule has 12 nitrogen and oxygen atoms in total. The highest BCUT2D eigenvalue weighted by Gasteiger charge is 2.14. The Morgan fingerprint density at radius 3 is 2.69 bits per heavy atom. The molecule has 0 radical (unpaired) electrons. The van der Waals surface area contributed by atoms with Gasteiger partial charge in [-0.15, -0.1) is 5.10 Å².